The average molecular weight is 295 g/mol. The van der Waals surface area contributed by atoms with Crippen molar-refractivity contribution in [3.63, 3.8) is 0 Å². The number of halogens is 1. The topological polar surface area (TPSA) is 73.1 Å². The first-order valence-corrected chi connectivity index (χ1v) is 7.10. The zero-order chi connectivity index (χ0) is 15.0. The molecule has 0 amide bonds. The maximum atomic E-state index is 10.6. The fourth-order valence-electron chi connectivity index (χ4n) is 2.05. The molecule has 0 saturated carbocycles. The Morgan fingerprint density at radius 1 is 1.50 bits per heavy atom. The number of carboxylic acid groups (broad SMARTS) is 1. The molecule has 20 heavy (non-hydrogen) atoms. The van der Waals surface area contributed by atoms with Gasteiger partial charge in [0.15, 0.2) is 0 Å². The van der Waals surface area contributed by atoms with Crippen LogP contribution in [-0.4, -0.2) is 17.6 Å². The van der Waals surface area contributed by atoms with E-state index in [0.717, 1.165) is 18.5 Å². The van der Waals surface area contributed by atoms with E-state index in [4.69, 9.17) is 22.0 Å². The summed E-state index contributed by atoms with van der Waals surface area (Å²) >= 11 is 5.91. The van der Waals surface area contributed by atoms with E-state index >= 15 is 0 Å². The van der Waals surface area contributed by atoms with E-state index in [9.17, 15) is 4.79 Å². The molecule has 0 saturated heterocycles. The summed E-state index contributed by atoms with van der Waals surface area (Å²) in [6, 6.07) is 7.22. The normalized spacial score (nSPS) is 11.7. The summed E-state index contributed by atoms with van der Waals surface area (Å²) in [7, 11) is 0. The Morgan fingerprint density at radius 3 is 2.85 bits per heavy atom. The predicted molar refractivity (Wildman–Crippen MR) is 79.9 cm³/mol. The Labute approximate surface area is 124 Å². The molecule has 1 aromatic carbocycles. The number of hydrogen-bond acceptors (Lipinski definition) is 3. The zero-order valence-electron chi connectivity index (χ0n) is 11.5. The predicted octanol–water partition coefficient (Wildman–Crippen LogP) is 3.90. The summed E-state index contributed by atoms with van der Waals surface area (Å²) in [6.45, 7) is 2.76. The first kappa shape index (κ1) is 16.3. The lowest BCUT2D eigenvalue weighted by Crippen LogP contribution is -2.11. The molecule has 1 aromatic rings. The number of carboxylic acids is 1. The van der Waals surface area contributed by atoms with E-state index in [2.05, 4.69) is 18.3 Å². The molecule has 0 aliphatic rings. The van der Waals surface area contributed by atoms with Crippen LogP contribution in [0.3, 0.4) is 0 Å². The van der Waals surface area contributed by atoms with E-state index in [0.29, 0.717) is 29.5 Å². The van der Waals surface area contributed by atoms with Crippen LogP contribution in [0.1, 0.15) is 38.2 Å². The molecule has 0 bridgehead atoms. The van der Waals surface area contributed by atoms with Crippen molar-refractivity contribution in [3.8, 4) is 6.07 Å². The average Bonchev–Trinajstić information content (AvgIpc) is 2.42. The van der Waals surface area contributed by atoms with Crippen molar-refractivity contribution >= 4 is 23.3 Å². The van der Waals surface area contributed by atoms with Gasteiger partial charge in [-0.2, -0.15) is 5.26 Å². The summed E-state index contributed by atoms with van der Waals surface area (Å²) in [5.74, 6) is -0.374. The van der Waals surface area contributed by atoms with E-state index in [1.54, 1.807) is 18.2 Å². The number of carbonyl (C=O) groups is 1. The monoisotopic (exact) mass is 294 g/mol. The maximum absolute atomic E-state index is 10.6. The molecule has 0 heterocycles. The van der Waals surface area contributed by atoms with Crippen molar-refractivity contribution in [2.24, 2.45) is 5.92 Å². The molecule has 108 valence electrons. The summed E-state index contributed by atoms with van der Waals surface area (Å²) < 4.78 is 0. The Kier molecular flexibility index (Phi) is 6.89. The fourth-order valence-corrected chi connectivity index (χ4v) is 2.22. The van der Waals surface area contributed by atoms with Crippen LogP contribution in [0, 0.1) is 17.2 Å². The highest BCUT2D eigenvalue weighted by Crippen LogP contribution is 2.21. The van der Waals surface area contributed by atoms with Crippen LogP contribution in [0.2, 0.25) is 5.02 Å². The van der Waals surface area contributed by atoms with E-state index < -0.39 is 5.97 Å². The van der Waals surface area contributed by atoms with E-state index in [1.807, 2.05) is 0 Å². The summed E-state index contributed by atoms with van der Waals surface area (Å²) in [5.41, 5.74) is 1.29. The number of hydrogen-bond donors (Lipinski definition) is 2. The second kappa shape index (κ2) is 8.44. The molecule has 0 aliphatic heterocycles. The van der Waals surface area contributed by atoms with Crippen molar-refractivity contribution in [2.45, 2.75) is 32.6 Å². The number of nitrogens with one attached hydrogen (secondary N) is 1. The Balaban J connectivity index is 2.49. The largest absolute Gasteiger partial charge is 0.481 e. The van der Waals surface area contributed by atoms with Crippen LogP contribution in [-0.2, 0) is 4.79 Å². The molecule has 0 spiro atoms. The van der Waals surface area contributed by atoms with Gasteiger partial charge in [-0.15, -0.1) is 0 Å². The van der Waals surface area contributed by atoms with Gasteiger partial charge in [0.05, 0.1) is 11.3 Å². The van der Waals surface area contributed by atoms with Crippen LogP contribution in [0.25, 0.3) is 0 Å². The van der Waals surface area contributed by atoms with Gasteiger partial charge in [0.25, 0.3) is 0 Å². The third-order valence-corrected chi connectivity index (χ3v) is 3.55. The minimum Gasteiger partial charge on any atom is -0.481 e. The second-order valence-corrected chi connectivity index (χ2v) is 5.16. The molecule has 0 aromatic heterocycles. The molecule has 1 rings (SSSR count). The van der Waals surface area contributed by atoms with Gasteiger partial charge < -0.3 is 10.4 Å². The zero-order valence-corrected chi connectivity index (χ0v) is 12.3. The molecule has 0 radical (unpaired) electrons. The van der Waals surface area contributed by atoms with Crippen molar-refractivity contribution in [1.82, 2.24) is 0 Å². The van der Waals surface area contributed by atoms with Gasteiger partial charge in [-0.1, -0.05) is 24.9 Å². The van der Waals surface area contributed by atoms with Gasteiger partial charge in [-0.05, 0) is 37.0 Å². The molecular weight excluding hydrogens is 276 g/mol. The van der Waals surface area contributed by atoms with Gasteiger partial charge >= 0.3 is 5.97 Å². The summed E-state index contributed by atoms with van der Waals surface area (Å²) in [6.07, 6.45) is 2.73. The third-order valence-electron chi connectivity index (χ3n) is 3.31. The maximum Gasteiger partial charge on any atom is 0.303 e. The van der Waals surface area contributed by atoms with Crippen molar-refractivity contribution in [3.05, 3.63) is 28.8 Å². The van der Waals surface area contributed by atoms with Gasteiger partial charge in [0, 0.05) is 18.0 Å². The molecular formula is C15H19ClN2O2. The summed E-state index contributed by atoms with van der Waals surface area (Å²) in [5, 5.41) is 21.5. The number of rotatable bonds is 8. The highest BCUT2D eigenvalue weighted by molar-refractivity contribution is 6.30. The third kappa shape index (κ3) is 5.50. The van der Waals surface area contributed by atoms with Gasteiger partial charge in [0.2, 0.25) is 0 Å². The van der Waals surface area contributed by atoms with Crippen LogP contribution in [0.5, 0.6) is 0 Å². The Hall–Kier alpha value is -1.73. The fraction of sp³-hybridized carbons (Fsp3) is 0.467. The van der Waals surface area contributed by atoms with Gasteiger partial charge in [0.1, 0.15) is 6.07 Å². The molecule has 1 atom stereocenters. The quantitative estimate of drug-likeness (QED) is 0.762. The minimum absolute atomic E-state index is 0.207. The Morgan fingerprint density at radius 2 is 2.25 bits per heavy atom. The number of anilines is 1. The minimum atomic E-state index is -0.752. The molecule has 0 aliphatic carbocycles. The molecule has 5 heteroatoms. The second-order valence-electron chi connectivity index (χ2n) is 4.72. The van der Waals surface area contributed by atoms with Crippen LogP contribution in [0.15, 0.2) is 18.2 Å². The number of benzene rings is 1. The number of nitriles is 1. The number of nitrogens with zero attached hydrogens (tertiary/aromatic N) is 1. The molecule has 2 N–H and O–H groups in total. The Bertz CT molecular complexity index is 497. The first-order chi connectivity index (χ1) is 9.56. The first-order valence-electron chi connectivity index (χ1n) is 6.72. The lowest BCUT2D eigenvalue weighted by molar-refractivity contribution is -0.137. The van der Waals surface area contributed by atoms with Crippen LogP contribution >= 0.6 is 11.6 Å². The summed E-state index contributed by atoms with van der Waals surface area (Å²) in [4.78, 5) is 10.6. The lowest BCUT2D eigenvalue weighted by Gasteiger charge is -2.15. The van der Waals surface area contributed by atoms with Crippen molar-refractivity contribution in [1.29, 1.82) is 5.26 Å². The highest BCUT2D eigenvalue weighted by Gasteiger charge is 2.09. The molecule has 0 fully saturated rings. The van der Waals surface area contributed by atoms with E-state index in [-0.39, 0.29) is 6.42 Å². The van der Waals surface area contributed by atoms with Gasteiger partial charge in [-0.3, -0.25) is 4.79 Å². The van der Waals surface area contributed by atoms with Crippen molar-refractivity contribution < 1.29 is 9.90 Å². The number of aliphatic carboxylic acids is 1. The smallest absolute Gasteiger partial charge is 0.303 e. The molecule has 4 nitrogen and oxygen atoms in total. The molecule has 1 unspecified atom stereocenters. The van der Waals surface area contributed by atoms with Crippen LogP contribution < -0.4 is 5.32 Å². The van der Waals surface area contributed by atoms with Crippen LogP contribution in [0.4, 0.5) is 5.69 Å². The SMILES string of the molecule is CCC(CCNc1cc(Cl)ccc1C#N)CCC(=O)O. The standard InChI is InChI=1S/C15H19ClN2O2/c1-2-11(3-6-15(19)20)7-8-18-14-9-13(16)5-4-12(14)10-17/h4-5,9,11,18H,2-3,6-8H2,1H3,(H,19,20). The van der Waals surface area contributed by atoms with Crippen molar-refractivity contribution in [2.75, 3.05) is 11.9 Å². The van der Waals surface area contributed by atoms with Gasteiger partial charge in [-0.25, -0.2) is 0 Å². The highest BCUT2D eigenvalue weighted by atomic mass is 35.5. The van der Waals surface area contributed by atoms with E-state index in [1.165, 1.54) is 0 Å². The lowest BCUT2D eigenvalue weighted by atomic mass is 9.96.